The summed E-state index contributed by atoms with van der Waals surface area (Å²) in [5.41, 5.74) is 1.46. The molecule has 2 nitrogen and oxygen atoms in total. The van der Waals surface area contributed by atoms with Crippen LogP contribution in [0, 0.1) is 0 Å². The Hall–Kier alpha value is 0.990. The van der Waals surface area contributed by atoms with Crippen LogP contribution in [-0.2, 0) is 0 Å². The molecular formula is C8H16I2N2. The van der Waals surface area contributed by atoms with E-state index in [2.05, 4.69) is 60.5 Å². The molecule has 0 aromatic carbocycles. The molecule has 0 radical (unpaired) electrons. The van der Waals surface area contributed by atoms with Gasteiger partial charge in [0.15, 0.2) is 0 Å². The zero-order valence-corrected chi connectivity index (χ0v) is 12.1. The molecule has 0 aliphatic carbocycles. The van der Waals surface area contributed by atoms with Crippen molar-refractivity contribution in [3.05, 3.63) is 11.6 Å². The highest BCUT2D eigenvalue weighted by Gasteiger charge is 1.85. The van der Waals surface area contributed by atoms with E-state index in [1.54, 1.807) is 0 Å². The zero-order valence-electron chi connectivity index (χ0n) is 7.77. The van der Waals surface area contributed by atoms with E-state index in [0.29, 0.717) is 0 Å². The van der Waals surface area contributed by atoms with E-state index in [4.69, 9.17) is 0 Å². The second-order valence-electron chi connectivity index (χ2n) is 2.50. The Balaban J connectivity index is 3.38. The van der Waals surface area contributed by atoms with E-state index in [1.807, 2.05) is 0 Å². The molecule has 0 atom stereocenters. The van der Waals surface area contributed by atoms with Crippen molar-refractivity contribution in [3.63, 3.8) is 0 Å². The molecule has 0 saturated heterocycles. The first kappa shape index (κ1) is 13.0. The first-order valence-corrected chi connectivity index (χ1v) is 7.11. The van der Waals surface area contributed by atoms with Gasteiger partial charge in [-0.05, 0) is 52.3 Å². The Morgan fingerprint density at radius 1 is 1.67 bits per heavy atom. The van der Waals surface area contributed by atoms with Gasteiger partial charge in [-0.15, -0.1) is 0 Å². The highest BCUT2D eigenvalue weighted by Crippen LogP contribution is 2.00. The van der Waals surface area contributed by atoms with Gasteiger partial charge in [-0.25, -0.2) is 3.11 Å². The second-order valence-corrected chi connectivity index (χ2v) is 6.41. The Bertz CT molecular complexity index is 164. The topological polar surface area (TPSA) is 15.3 Å². The molecule has 0 aromatic heterocycles. The normalized spacial score (nSPS) is 13.9. The first-order valence-electron chi connectivity index (χ1n) is 3.82. The fraction of sp³-hybridized carbons (Fsp3) is 0.625. The Labute approximate surface area is 99.4 Å². The van der Waals surface area contributed by atoms with Crippen LogP contribution in [0.1, 0.15) is 20.3 Å². The maximum Gasteiger partial charge on any atom is 0.0654 e. The molecule has 0 amide bonds. The Kier molecular flexibility index (Phi) is 9.29. The minimum Gasteiger partial charge on any atom is -0.252 e. The summed E-state index contributed by atoms with van der Waals surface area (Å²) in [5.74, 6) is 0. The number of halogens is 2. The second kappa shape index (κ2) is 8.58. The number of allylic oxidation sites excluding steroid dienone is 2. The van der Waals surface area contributed by atoms with Crippen LogP contribution in [0.4, 0.5) is 0 Å². The lowest BCUT2D eigenvalue weighted by molar-refractivity contribution is 0.615. The van der Waals surface area contributed by atoms with Crippen LogP contribution in [0.15, 0.2) is 11.6 Å². The van der Waals surface area contributed by atoms with Gasteiger partial charge >= 0.3 is 0 Å². The third kappa shape index (κ3) is 9.08. The summed E-state index contributed by atoms with van der Waals surface area (Å²) in [5, 5.41) is 0. The number of nitrogens with one attached hydrogen (secondary N) is 1. The third-order valence-electron chi connectivity index (χ3n) is 1.32. The quantitative estimate of drug-likeness (QED) is 0.334. The maximum atomic E-state index is 3.41. The largest absolute Gasteiger partial charge is 0.252 e. The molecule has 0 fully saturated rings. The maximum absolute atomic E-state index is 3.41. The Morgan fingerprint density at radius 2 is 2.33 bits per heavy atom. The number of hydrogen-bond acceptors (Lipinski definition) is 2. The zero-order chi connectivity index (χ0) is 9.40. The molecule has 0 aromatic rings. The highest BCUT2D eigenvalue weighted by atomic mass is 127. The number of hydrogen-bond donors (Lipinski definition) is 1. The van der Waals surface area contributed by atoms with Gasteiger partial charge in [0, 0.05) is 22.9 Å². The van der Waals surface area contributed by atoms with Gasteiger partial charge in [-0.2, -0.15) is 0 Å². The van der Waals surface area contributed by atoms with Gasteiger partial charge < -0.3 is 0 Å². The molecule has 0 spiro atoms. The van der Waals surface area contributed by atoms with E-state index in [1.165, 1.54) is 5.57 Å². The van der Waals surface area contributed by atoms with Gasteiger partial charge in [0.05, 0.1) is 6.67 Å². The van der Waals surface area contributed by atoms with Crippen LogP contribution in [0.3, 0.4) is 0 Å². The molecule has 0 unspecified atom stereocenters. The lowest BCUT2D eigenvalue weighted by Crippen LogP contribution is -2.15. The first-order chi connectivity index (χ1) is 5.66. The van der Waals surface area contributed by atoms with Crippen molar-refractivity contribution in [1.29, 1.82) is 0 Å². The van der Waals surface area contributed by atoms with Crippen molar-refractivity contribution in [1.82, 2.24) is 6.64 Å². The highest BCUT2D eigenvalue weighted by molar-refractivity contribution is 14.2. The van der Waals surface area contributed by atoms with Crippen molar-refractivity contribution < 1.29 is 0 Å². The number of nitrogens with zero attached hydrogens (tertiary/aromatic N) is 1. The van der Waals surface area contributed by atoms with Gasteiger partial charge in [0.2, 0.25) is 0 Å². The van der Waals surface area contributed by atoms with Gasteiger partial charge in [-0.3, -0.25) is 3.53 Å². The average molecular weight is 394 g/mol. The molecule has 1 N–H and O–H groups in total. The smallest absolute Gasteiger partial charge is 0.0654 e. The molecule has 4 heteroatoms. The minimum absolute atomic E-state index is 0.0892. The summed E-state index contributed by atoms with van der Waals surface area (Å²) in [6, 6.07) is 0. The van der Waals surface area contributed by atoms with Crippen LogP contribution in [0.25, 0.3) is 0 Å². The fourth-order valence-corrected chi connectivity index (χ4v) is 3.21. The summed E-state index contributed by atoms with van der Waals surface area (Å²) < 4.78 is 7.90. The summed E-state index contributed by atoms with van der Waals surface area (Å²) in [6.07, 6.45) is 3.31. The third-order valence-corrected chi connectivity index (χ3v) is 3.33. The standard InChI is InChI=1S/C8H16I2N2/c1-4-8(2)5-6-10-11-7-12(3)9/h4,6,11H,5,7H2,1-3H3/b8-4-. The lowest BCUT2D eigenvalue weighted by Gasteiger charge is -2.03. The van der Waals surface area contributed by atoms with Crippen molar-refractivity contribution >= 4 is 47.9 Å². The summed E-state index contributed by atoms with van der Waals surface area (Å²) in [7, 11) is 2.06. The summed E-state index contributed by atoms with van der Waals surface area (Å²) in [6.45, 7) is 5.25. The van der Waals surface area contributed by atoms with Crippen molar-refractivity contribution in [2.24, 2.45) is 0 Å². The lowest BCUT2D eigenvalue weighted by atomic mass is 10.2. The number of rotatable bonds is 5. The van der Waals surface area contributed by atoms with Gasteiger partial charge in [0.1, 0.15) is 0 Å². The Morgan fingerprint density at radius 3 is 2.83 bits per heavy atom. The van der Waals surface area contributed by atoms with Crippen LogP contribution in [0.2, 0.25) is 0 Å². The van der Waals surface area contributed by atoms with Gasteiger partial charge in [-0.1, -0.05) is 11.6 Å². The SMILES string of the molecule is C/C=C(/C)CC=INCN(C)I. The van der Waals surface area contributed by atoms with Crippen molar-refractivity contribution in [2.45, 2.75) is 20.3 Å². The summed E-state index contributed by atoms with van der Waals surface area (Å²) >= 11 is 2.37. The van der Waals surface area contributed by atoms with E-state index in [9.17, 15) is 0 Å². The molecule has 72 valence electrons. The molecule has 0 heterocycles. The monoisotopic (exact) mass is 394 g/mol. The predicted octanol–water partition coefficient (Wildman–Crippen LogP) is 2.86. The molecule has 0 bridgehead atoms. The summed E-state index contributed by atoms with van der Waals surface area (Å²) in [4.78, 5) is 0. The van der Waals surface area contributed by atoms with Crippen LogP contribution in [-0.4, -0.2) is 20.8 Å². The van der Waals surface area contributed by atoms with Gasteiger partial charge in [0.25, 0.3) is 0 Å². The molecule has 0 saturated carbocycles. The van der Waals surface area contributed by atoms with Crippen molar-refractivity contribution in [3.8, 4) is 0 Å². The van der Waals surface area contributed by atoms with E-state index >= 15 is 0 Å². The van der Waals surface area contributed by atoms with E-state index in [0.717, 1.165) is 13.1 Å². The van der Waals surface area contributed by atoms with Crippen LogP contribution < -0.4 is 3.53 Å². The fourth-order valence-electron chi connectivity index (χ4n) is 0.450. The molecule has 12 heavy (non-hydrogen) atoms. The van der Waals surface area contributed by atoms with Crippen molar-refractivity contribution in [2.75, 3.05) is 13.7 Å². The predicted molar refractivity (Wildman–Crippen MR) is 73.9 cm³/mol. The average Bonchev–Trinajstić information content (AvgIpc) is 2.03. The van der Waals surface area contributed by atoms with E-state index in [-0.39, 0.29) is 21.0 Å². The molecular weight excluding hydrogens is 378 g/mol. The minimum atomic E-state index is 0.0892. The molecule has 0 aliphatic rings. The van der Waals surface area contributed by atoms with Crippen LogP contribution >= 0.6 is 43.9 Å². The van der Waals surface area contributed by atoms with E-state index < -0.39 is 0 Å². The van der Waals surface area contributed by atoms with Crippen LogP contribution in [0.5, 0.6) is 0 Å². The molecule has 0 aliphatic heterocycles. The molecule has 0 rings (SSSR count).